The van der Waals surface area contributed by atoms with Gasteiger partial charge in [0.25, 0.3) is 0 Å². The normalized spacial score (nSPS) is 10.8. The second-order valence-corrected chi connectivity index (χ2v) is 4.91. The molecule has 0 spiro atoms. The van der Waals surface area contributed by atoms with Crippen molar-refractivity contribution in [3.05, 3.63) is 41.6 Å². The fraction of sp³-hybridized carbons (Fsp3) is 0.438. The van der Waals surface area contributed by atoms with Crippen LogP contribution in [-0.4, -0.2) is 9.78 Å². The molecule has 0 aliphatic heterocycles. The van der Waals surface area contributed by atoms with Gasteiger partial charge < -0.3 is 5.73 Å². The molecule has 3 heteroatoms. The fourth-order valence-corrected chi connectivity index (χ4v) is 2.34. The Morgan fingerprint density at radius 2 is 1.79 bits per heavy atom. The van der Waals surface area contributed by atoms with Gasteiger partial charge in [0.1, 0.15) is 5.82 Å². The van der Waals surface area contributed by atoms with Gasteiger partial charge in [0, 0.05) is 5.56 Å². The van der Waals surface area contributed by atoms with Gasteiger partial charge in [-0.15, -0.1) is 0 Å². The lowest BCUT2D eigenvalue weighted by molar-refractivity contribution is 0.746. The zero-order chi connectivity index (χ0) is 13.7. The summed E-state index contributed by atoms with van der Waals surface area (Å²) in [5.41, 5.74) is 9.74. The van der Waals surface area contributed by atoms with E-state index in [4.69, 9.17) is 10.8 Å². The Kier molecular flexibility index (Phi) is 4.61. The number of rotatable bonds is 6. The first-order chi connectivity index (χ1) is 9.27. The Balaban J connectivity index is 2.39. The Labute approximate surface area is 115 Å². The van der Waals surface area contributed by atoms with E-state index in [1.54, 1.807) is 0 Å². The standard InChI is InChI=1S/C16H23N3/c1-3-5-12-15-14(9-4-2)16(17)19(18-15)13-10-7-6-8-11-13/h6-8,10-11H,3-5,9,12,17H2,1-2H3. The summed E-state index contributed by atoms with van der Waals surface area (Å²) in [4.78, 5) is 0. The molecule has 0 saturated carbocycles. The zero-order valence-corrected chi connectivity index (χ0v) is 11.9. The predicted molar refractivity (Wildman–Crippen MR) is 80.6 cm³/mol. The molecule has 2 aromatic rings. The SMILES string of the molecule is CCCCc1nn(-c2ccccc2)c(N)c1CCC. The van der Waals surface area contributed by atoms with Crippen LogP contribution in [0.15, 0.2) is 30.3 Å². The monoisotopic (exact) mass is 257 g/mol. The highest BCUT2D eigenvalue weighted by Crippen LogP contribution is 2.23. The van der Waals surface area contributed by atoms with Crippen LogP contribution in [0.25, 0.3) is 5.69 Å². The first-order valence-corrected chi connectivity index (χ1v) is 7.19. The van der Waals surface area contributed by atoms with Crippen molar-refractivity contribution < 1.29 is 0 Å². The first kappa shape index (κ1) is 13.7. The van der Waals surface area contributed by atoms with Crippen LogP contribution in [-0.2, 0) is 12.8 Å². The maximum atomic E-state index is 6.29. The number of para-hydroxylation sites is 1. The Hall–Kier alpha value is -1.77. The Morgan fingerprint density at radius 3 is 2.42 bits per heavy atom. The number of aryl methyl sites for hydroxylation is 1. The van der Waals surface area contributed by atoms with Crippen molar-refractivity contribution in [2.24, 2.45) is 0 Å². The molecule has 3 nitrogen and oxygen atoms in total. The number of nitrogens with two attached hydrogens (primary N) is 1. The number of nitrogen functional groups attached to an aromatic ring is 1. The van der Waals surface area contributed by atoms with Gasteiger partial charge in [0.2, 0.25) is 0 Å². The molecule has 1 aromatic carbocycles. The Morgan fingerprint density at radius 1 is 1.05 bits per heavy atom. The largest absolute Gasteiger partial charge is 0.383 e. The molecule has 0 saturated heterocycles. The smallest absolute Gasteiger partial charge is 0.130 e. The molecule has 0 amide bonds. The van der Waals surface area contributed by atoms with Crippen molar-refractivity contribution in [2.45, 2.75) is 46.0 Å². The van der Waals surface area contributed by atoms with E-state index in [0.717, 1.165) is 30.8 Å². The van der Waals surface area contributed by atoms with E-state index in [1.807, 2.05) is 35.0 Å². The maximum absolute atomic E-state index is 6.29. The third-order valence-electron chi connectivity index (χ3n) is 3.37. The van der Waals surface area contributed by atoms with Crippen LogP contribution in [0.2, 0.25) is 0 Å². The topological polar surface area (TPSA) is 43.8 Å². The van der Waals surface area contributed by atoms with E-state index in [-0.39, 0.29) is 0 Å². The van der Waals surface area contributed by atoms with Crippen LogP contribution in [0.5, 0.6) is 0 Å². The molecule has 2 N–H and O–H groups in total. The van der Waals surface area contributed by atoms with Gasteiger partial charge in [-0.1, -0.05) is 44.9 Å². The number of nitrogens with zero attached hydrogens (tertiary/aromatic N) is 2. The van der Waals surface area contributed by atoms with Crippen LogP contribution in [0.3, 0.4) is 0 Å². The van der Waals surface area contributed by atoms with Crippen LogP contribution >= 0.6 is 0 Å². The summed E-state index contributed by atoms with van der Waals surface area (Å²) in [5.74, 6) is 0.805. The van der Waals surface area contributed by atoms with Gasteiger partial charge in [-0.05, 0) is 31.4 Å². The van der Waals surface area contributed by atoms with Gasteiger partial charge in [-0.2, -0.15) is 5.10 Å². The number of anilines is 1. The van der Waals surface area contributed by atoms with Crippen molar-refractivity contribution in [1.29, 1.82) is 0 Å². The average Bonchev–Trinajstić information content (AvgIpc) is 2.75. The third kappa shape index (κ3) is 2.98. The lowest BCUT2D eigenvalue weighted by Crippen LogP contribution is -2.02. The van der Waals surface area contributed by atoms with E-state index < -0.39 is 0 Å². The lowest BCUT2D eigenvalue weighted by Gasteiger charge is -2.04. The molecule has 0 aliphatic rings. The highest BCUT2D eigenvalue weighted by Gasteiger charge is 2.15. The lowest BCUT2D eigenvalue weighted by atomic mass is 10.1. The number of unbranched alkanes of at least 4 members (excludes halogenated alkanes) is 1. The molecule has 0 unspecified atom stereocenters. The molecule has 0 aliphatic carbocycles. The van der Waals surface area contributed by atoms with Crippen molar-refractivity contribution >= 4 is 5.82 Å². The number of benzene rings is 1. The molecule has 1 aromatic heterocycles. The number of hydrogen-bond donors (Lipinski definition) is 1. The van der Waals surface area contributed by atoms with Crippen molar-refractivity contribution in [3.8, 4) is 5.69 Å². The quantitative estimate of drug-likeness (QED) is 0.856. The van der Waals surface area contributed by atoms with E-state index >= 15 is 0 Å². The van der Waals surface area contributed by atoms with E-state index in [9.17, 15) is 0 Å². The molecule has 0 fully saturated rings. The molecule has 1 heterocycles. The second kappa shape index (κ2) is 6.41. The Bertz CT molecular complexity index is 514. The summed E-state index contributed by atoms with van der Waals surface area (Å²) in [5, 5.41) is 4.73. The summed E-state index contributed by atoms with van der Waals surface area (Å²) in [6, 6.07) is 10.1. The molecule has 19 heavy (non-hydrogen) atoms. The van der Waals surface area contributed by atoms with Crippen molar-refractivity contribution in [1.82, 2.24) is 9.78 Å². The van der Waals surface area contributed by atoms with E-state index in [1.165, 1.54) is 24.1 Å². The number of hydrogen-bond acceptors (Lipinski definition) is 2. The van der Waals surface area contributed by atoms with Crippen molar-refractivity contribution in [3.63, 3.8) is 0 Å². The van der Waals surface area contributed by atoms with E-state index in [2.05, 4.69) is 13.8 Å². The van der Waals surface area contributed by atoms with Crippen LogP contribution in [0.4, 0.5) is 5.82 Å². The molecule has 102 valence electrons. The first-order valence-electron chi connectivity index (χ1n) is 7.19. The summed E-state index contributed by atoms with van der Waals surface area (Å²) < 4.78 is 1.88. The summed E-state index contributed by atoms with van der Waals surface area (Å²) in [6.45, 7) is 4.39. The predicted octanol–water partition coefficient (Wildman–Crippen LogP) is 3.75. The molecule has 0 bridgehead atoms. The summed E-state index contributed by atoms with van der Waals surface area (Å²) in [6.07, 6.45) is 5.49. The maximum Gasteiger partial charge on any atom is 0.130 e. The zero-order valence-electron chi connectivity index (χ0n) is 11.9. The molecule has 0 atom stereocenters. The van der Waals surface area contributed by atoms with Gasteiger partial charge in [-0.25, -0.2) is 4.68 Å². The average molecular weight is 257 g/mol. The second-order valence-electron chi connectivity index (χ2n) is 4.91. The van der Waals surface area contributed by atoms with Crippen molar-refractivity contribution in [2.75, 3.05) is 5.73 Å². The molecular weight excluding hydrogens is 234 g/mol. The highest BCUT2D eigenvalue weighted by molar-refractivity contribution is 5.50. The summed E-state index contributed by atoms with van der Waals surface area (Å²) in [7, 11) is 0. The van der Waals surface area contributed by atoms with Gasteiger partial charge in [0.05, 0.1) is 11.4 Å². The van der Waals surface area contributed by atoms with Crippen LogP contribution < -0.4 is 5.73 Å². The highest BCUT2D eigenvalue weighted by atomic mass is 15.3. The number of aromatic nitrogens is 2. The minimum absolute atomic E-state index is 0.805. The molecular formula is C16H23N3. The minimum Gasteiger partial charge on any atom is -0.383 e. The fourth-order valence-electron chi connectivity index (χ4n) is 2.34. The third-order valence-corrected chi connectivity index (χ3v) is 3.37. The minimum atomic E-state index is 0.805. The molecule has 2 rings (SSSR count). The van der Waals surface area contributed by atoms with Crippen LogP contribution in [0.1, 0.15) is 44.4 Å². The summed E-state index contributed by atoms with van der Waals surface area (Å²) >= 11 is 0. The van der Waals surface area contributed by atoms with Gasteiger partial charge >= 0.3 is 0 Å². The van der Waals surface area contributed by atoms with Gasteiger partial charge in [-0.3, -0.25) is 0 Å². The molecule has 0 radical (unpaired) electrons. The van der Waals surface area contributed by atoms with Gasteiger partial charge in [0.15, 0.2) is 0 Å². The van der Waals surface area contributed by atoms with E-state index in [0.29, 0.717) is 0 Å². The van der Waals surface area contributed by atoms with Crippen LogP contribution in [0, 0.1) is 0 Å².